The SMILES string of the molecule is Nc1nccc(-c2ccc(CNc3nc4c(Cl)cccc4s3)s2)n1. The molecule has 5 nitrogen and oxygen atoms in total. The Morgan fingerprint density at radius 2 is 2.00 bits per heavy atom. The number of fused-ring (bicyclic) bond motifs is 1. The topological polar surface area (TPSA) is 76.7 Å². The normalized spacial score (nSPS) is 11.0. The molecule has 0 aliphatic carbocycles. The summed E-state index contributed by atoms with van der Waals surface area (Å²) in [6.07, 6.45) is 1.67. The Hall–Kier alpha value is -2.22. The Kier molecular flexibility index (Phi) is 4.05. The smallest absolute Gasteiger partial charge is 0.220 e. The largest absolute Gasteiger partial charge is 0.368 e. The third-order valence-electron chi connectivity index (χ3n) is 3.37. The number of hydrogen-bond donors (Lipinski definition) is 2. The first-order valence-electron chi connectivity index (χ1n) is 7.15. The van der Waals surface area contributed by atoms with Crippen molar-refractivity contribution in [2.45, 2.75) is 6.54 Å². The fourth-order valence-electron chi connectivity index (χ4n) is 2.27. The van der Waals surface area contributed by atoms with E-state index in [0.29, 0.717) is 11.6 Å². The van der Waals surface area contributed by atoms with E-state index in [9.17, 15) is 0 Å². The van der Waals surface area contributed by atoms with E-state index in [1.165, 1.54) is 4.88 Å². The number of nitrogen functional groups attached to an aromatic ring is 1. The van der Waals surface area contributed by atoms with Gasteiger partial charge >= 0.3 is 0 Å². The lowest BCUT2D eigenvalue weighted by molar-refractivity contribution is 1.18. The van der Waals surface area contributed by atoms with Crippen molar-refractivity contribution in [2.24, 2.45) is 0 Å². The first-order chi connectivity index (χ1) is 11.7. The molecule has 0 amide bonds. The molecule has 4 aromatic rings. The Morgan fingerprint density at radius 3 is 2.83 bits per heavy atom. The molecule has 0 saturated heterocycles. The molecule has 3 heterocycles. The van der Waals surface area contributed by atoms with Crippen LogP contribution in [0.3, 0.4) is 0 Å². The number of rotatable bonds is 4. The van der Waals surface area contributed by atoms with E-state index in [4.69, 9.17) is 17.3 Å². The number of thiophene rings is 1. The number of benzene rings is 1. The molecule has 0 aliphatic rings. The van der Waals surface area contributed by atoms with Crippen molar-refractivity contribution in [3.63, 3.8) is 0 Å². The van der Waals surface area contributed by atoms with Gasteiger partial charge in [0, 0.05) is 11.1 Å². The van der Waals surface area contributed by atoms with Crippen molar-refractivity contribution in [2.75, 3.05) is 11.1 Å². The second-order valence-electron chi connectivity index (χ2n) is 5.03. The van der Waals surface area contributed by atoms with E-state index in [2.05, 4.69) is 26.3 Å². The van der Waals surface area contributed by atoms with Crippen LogP contribution in [0.5, 0.6) is 0 Å². The highest BCUT2D eigenvalue weighted by atomic mass is 35.5. The standard InChI is InChI=1S/C16H12ClN5S2/c17-10-2-1-3-13-14(10)22-16(24-13)20-8-9-4-5-12(23-9)11-6-7-19-15(18)21-11/h1-7H,8H2,(H,20,22)(H2,18,19,21). The van der Waals surface area contributed by atoms with Crippen LogP contribution in [-0.2, 0) is 6.54 Å². The van der Waals surface area contributed by atoms with E-state index in [1.54, 1.807) is 28.9 Å². The molecule has 0 aliphatic heterocycles. The summed E-state index contributed by atoms with van der Waals surface area (Å²) < 4.78 is 1.08. The number of aromatic nitrogens is 3. The predicted octanol–water partition coefficient (Wildman–Crippen LogP) is 4.66. The zero-order chi connectivity index (χ0) is 16.5. The van der Waals surface area contributed by atoms with Gasteiger partial charge in [-0.25, -0.2) is 15.0 Å². The number of thiazole rings is 1. The summed E-state index contributed by atoms with van der Waals surface area (Å²) in [5, 5.41) is 4.89. The van der Waals surface area contributed by atoms with Gasteiger partial charge in [0.25, 0.3) is 0 Å². The molecule has 3 aromatic heterocycles. The maximum Gasteiger partial charge on any atom is 0.220 e. The summed E-state index contributed by atoms with van der Waals surface area (Å²) >= 11 is 9.43. The predicted molar refractivity (Wildman–Crippen MR) is 102 cm³/mol. The first kappa shape index (κ1) is 15.3. The fraction of sp³-hybridized carbons (Fsp3) is 0.0625. The molecule has 8 heteroatoms. The number of hydrogen-bond acceptors (Lipinski definition) is 7. The summed E-state index contributed by atoms with van der Waals surface area (Å²) in [6.45, 7) is 0.697. The van der Waals surface area contributed by atoms with Gasteiger partial charge in [-0.1, -0.05) is 29.0 Å². The van der Waals surface area contributed by atoms with Crippen LogP contribution >= 0.6 is 34.3 Å². The summed E-state index contributed by atoms with van der Waals surface area (Å²) in [5.74, 6) is 0.284. The number of nitrogens with two attached hydrogens (primary N) is 1. The molecule has 0 fully saturated rings. The van der Waals surface area contributed by atoms with Crippen molar-refractivity contribution < 1.29 is 0 Å². The van der Waals surface area contributed by atoms with Gasteiger partial charge in [0.05, 0.1) is 26.8 Å². The van der Waals surface area contributed by atoms with Gasteiger partial charge in [0.1, 0.15) is 5.52 Å². The number of anilines is 2. The minimum Gasteiger partial charge on any atom is -0.368 e. The van der Waals surface area contributed by atoms with Crippen molar-refractivity contribution in [1.29, 1.82) is 0 Å². The Labute approximate surface area is 151 Å². The van der Waals surface area contributed by atoms with Gasteiger partial charge < -0.3 is 11.1 Å². The van der Waals surface area contributed by atoms with Gasteiger partial charge in [-0.2, -0.15) is 0 Å². The van der Waals surface area contributed by atoms with Crippen LogP contribution in [0.4, 0.5) is 11.1 Å². The van der Waals surface area contributed by atoms with Crippen LogP contribution in [0.25, 0.3) is 20.8 Å². The van der Waals surface area contributed by atoms with E-state index in [0.717, 1.165) is 25.9 Å². The first-order valence-corrected chi connectivity index (χ1v) is 9.17. The lowest BCUT2D eigenvalue weighted by atomic mass is 10.3. The van der Waals surface area contributed by atoms with Crippen LogP contribution in [0.1, 0.15) is 4.88 Å². The van der Waals surface area contributed by atoms with Crippen molar-refractivity contribution >= 4 is 55.6 Å². The van der Waals surface area contributed by atoms with E-state index < -0.39 is 0 Å². The second kappa shape index (κ2) is 6.35. The summed E-state index contributed by atoms with van der Waals surface area (Å²) in [5.41, 5.74) is 7.32. The average Bonchev–Trinajstić information content (AvgIpc) is 3.20. The van der Waals surface area contributed by atoms with Gasteiger partial charge in [-0.15, -0.1) is 11.3 Å². The number of halogens is 1. The minimum atomic E-state index is 0.284. The van der Waals surface area contributed by atoms with E-state index >= 15 is 0 Å². The van der Waals surface area contributed by atoms with Crippen LogP contribution in [0, 0.1) is 0 Å². The maximum atomic E-state index is 6.17. The third kappa shape index (κ3) is 3.06. The average molecular weight is 374 g/mol. The van der Waals surface area contributed by atoms with Crippen molar-refractivity contribution in [3.8, 4) is 10.6 Å². The molecular formula is C16H12ClN5S2. The molecule has 120 valence electrons. The third-order valence-corrected chi connectivity index (χ3v) is 5.76. The van der Waals surface area contributed by atoms with Crippen LogP contribution < -0.4 is 11.1 Å². The van der Waals surface area contributed by atoms with E-state index in [1.807, 2.05) is 30.3 Å². The highest BCUT2D eigenvalue weighted by Gasteiger charge is 2.08. The van der Waals surface area contributed by atoms with Crippen LogP contribution in [0.15, 0.2) is 42.6 Å². The Balaban J connectivity index is 1.50. The van der Waals surface area contributed by atoms with Crippen LogP contribution in [-0.4, -0.2) is 15.0 Å². The monoisotopic (exact) mass is 373 g/mol. The van der Waals surface area contributed by atoms with Gasteiger partial charge in [0.2, 0.25) is 5.95 Å². The number of nitrogens with zero attached hydrogens (tertiary/aromatic N) is 3. The Morgan fingerprint density at radius 1 is 1.08 bits per heavy atom. The molecule has 4 rings (SSSR count). The summed E-state index contributed by atoms with van der Waals surface area (Å²) in [4.78, 5) is 15.0. The fourth-order valence-corrected chi connectivity index (χ4v) is 4.35. The quantitative estimate of drug-likeness (QED) is 0.544. The lowest BCUT2D eigenvalue weighted by Gasteiger charge is -1.99. The molecule has 0 bridgehead atoms. The zero-order valence-electron chi connectivity index (χ0n) is 12.4. The molecule has 0 spiro atoms. The molecule has 3 N–H and O–H groups in total. The summed E-state index contributed by atoms with van der Waals surface area (Å²) in [7, 11) is 0. The number of para-hydroxylation sites is 1. The minimum absolute atomic E-state index is 0.284. The molecule has 0 unspecified atom stereocenters. The van der Waals surface area contributed by atoms with Gasteiger partial charge in [-0.05, 0) is 30.3 Å². The molecule has 0 radical (unpaired) electrons. The zero-order valence-corrected chi connectivity index (χ0v) is 14.8. The van der Waals surface area contributed by atoms with Crippen molar-refractivity contribution in [3.05, 3.63) is 52.5 Å². The van der Waals surface area contributed by atoms with Crippen molar-refractivity contribution in [1.82, 2.24) is 15.0 Å². The molecule has 0 saturated carbocycles. The lowest BCUT2D eigenvalue weighted by Crippen LogP contribution is -1.96. The molecule has 1 aromatic carbocycles. The van der Waals surface area contributed by atoms with E-state index in [-0.39, 0.29) is 5.95 Å². The van der Waals surface area contributed by atoms with Crippen LogP contribution in [0.2, 0.25) is 5.02 Å². The van der Waals surface area contributed by atoms with Gasteiger partial charge in [0.15, 0.2) is 5.13 Å². The highest BCUT2D eigenvalue weighted by Crippen LogP contribution is 2.32. The van der Waals surface area contributed by atoms with Gasteiger partial charge in [-0.3, -0.25) is 0 Å². The number of nitrogens with one attached hydrogen (secondary N) is 1. The summed E-state index contributed by atoms with van der Waals surface area (Å²) in [6, 6.07) is 11.8. The Bertz CT molecular complexity index is 1010. The maximum absolute atomic E-state index is 6.17. The second-order valence-corrected chi connectivity index (χ2v) is 7.63. The molecular weight excluding hydrogens is 362 g/mol. The molecule has 24 heavy (non-hydrogen) atoms. The molecule has 0 atom stereocenters. The highest BCUT2D eigenvalue weighted by molar-refractivity contribution is 7.22.